The molecule has 1 amide bonds. The smallest absolute Gasteiger partial charge is 0.252 e. The Morgan fingerprint density at radius 1 is 1.12 bits per heavy atom. The van der Waals surface area contributed by atoms with E-state index in [1.165, 1.54) is 10.4 Å². The van der Waals surface area contributed by atoms with Crippen LogP contribution < -0.4 is 10.6 Å². The summed E-state index contributed by atoms with van der Waals surface area (Å²) in [5, 5.41) is 5.89. The molecular weight excluding hydrogens is 342 g/mol. The summed E-state index contributed by atoms with van der Waals surface area (Å²) in [6.07, 6.45) is 2.77. The van der Waals surface area contributed by atoms with Gasteiger partial charge in [-0.2, -0.15) is 4.31 Å². The zero-order chi connectivity index (χ0) is 18.1. The second kappa shape index (κ2) is 9.86. The van der Waals surface area contributed by atoms with Gasteiger partial charge in [0.25, 0.3) is 5.91 Å². The Labute approximate surface area is 149 Å². The Morgan fingerprint density at radius 3 is 2.56 bits per heavy atom. The molecule has 25 heavy (non-hydrogen) atoms. The summed E-state index contributed by atoms with van der Waals surface area (Å²) in [5.41, 5.74) is 0.199. The van der Waals surface area contributed by atoms with Crippen LogP contribution in [0.2, 0.25) is 0 Å². The van der Waals surface area contributed by atoms with Crippen LogP contribution in [0, 0.1) is 0 Å². The van der Waals surface area contributed by atoms with Gasteiger partial charge in [-0.05, 0) is 25.0 Å². The van der Waals surface area contributed by atoms with Gasteiger partial charge in [0, 0.05) is 39.8 Å². The molecule has 0 atom stereocenters. The standard InChI is InChI=1S/C17H27N3O4S/c1-24-14-11-18-9-10-19-17(21)15-7-3-4-8-16(15)25(22,23)20-12-5-2-6-13-20/h3-4,7-8,18H,2,5-6,9-14H2,1H3,(H,19,21). The highest BCUT2D eigenvalue weighted by Crippen LogP contribution is 2.23. The molecule has 1 aliphatic rings. The topological polar surface area (TPSA) is 87.7 Å². The van der Waals surface area contributed by atoms with Crippen molar-refractivity contribution in [3.05, 3.63) is 29.8 Å². The highest BCUT2D eigenvalue weighted by atomic mass is 32.2. The molecule has 2 rings (SSSR count). The van der Waals surface area contributed by atoms with Crippen molar-refractivity contribution in [1.82, 2.24) is 14.9 Å². The molecule has 0 radical (unpaired) electrons. The van der Waals surface area contributed by atoms with E-state index in [-0.39, 0.29) is 16.4 Å². The first kappa shape index (κ1) is 19.8. The van der Waals surface area contributed by atoms with Crippen LogP contribution in [-0.4, -0.2) is 65.1 Å². The van der Waals surface area contributed by atoms with Gasteiger partial charge in [0.15, 0.2) is 0 Å². The quantitative estimate of drug-likeness (QED) is 0.630. The number of piperidine rings is 1. The van der Waals surface area contributed by atoms with Crippen molar-refractivity contribution < 1.29 is 17.9 Å². The Morgan fingerprint density at radius 2 is 1.84 bits per heavy atom. The van der Waals surface area contributed by atoms with Gasteiger partial charge in [-0.3, -0.25) is 4.79 Å². The molecule has 0 aromatic heterocycles. The first-order valence-electron chi connectivity index (χ1n) is 8.64. The van der Waals surface area contributed by atoms with Gasteiger partial charge in [0.2, 0.25) is 10.0 Å². The predicted molar refractivity (Wildman–Crippen MR) is 96.1 cm³/mol. The normalized spacial score (nSPS) is 15.9. The maximum atomic E-state index is 12.9. The van der Waals surface area contributed by atoms with Crippen molar-refractivity contribution in [3.63, 3.8) is 0 Å². The lowest BCUT2D eigenvalue weighted by molar-refractivity contribution is 0.0950. The van der Waals surface area contributed by atoms with Gasteiger partial charge < -0.3 is 15.4 Å². The number of benzene rings is 1. The van der Waals surface area contributed by atoms with Crippen molar-refractivity contribution in [2.75, 3.05) is 46.4 Å². The summed E-state index contributed by atoms with van der Waals surface area (Å²) in [6.45, 7) is 3.34. The van der Waals surface area contributed by atoms with E-state index >= 15 is 0 Å². The van der Waals surface area contributed by atoms with Crippen molar-refractivity contribution in [3.8, 4) is 0 Å². The van der Waals surface area contributed by atoms with E-state index < -0.39 is 10.0 Å². The number of nitrogens with one attached hydrogen (secondary N) is 2. The van der Waals surface area contributed by atoms with Gasteiger partial charge in [0.1, 0.15) is 0 Å². The van der Waals surface area contributed by atoms with Crippen LogP contribution in [0.25, 0.3) is 0 Å². The number of nitrogens with zero attached hydrogens (tertiary/aromatic N) is 1. The fourth-order valence-electron chi connectivity index (χ4n) is 2.78. The van der Waals surface area contributed by atoms with Crippen molar-refractivity contribution in [2.45, 2.75) is 24.2 Å². The molecule has 1 aromatic carbocycles. The summed E-state index contributed by atoms with van der Waals surface area (Å²) in [5.74, 6) is -0.371. The zero-order valence-corrected chi connectivity index (χ0v) is 15.5. The lowest BCUT2D eigenvalue weighted by Gasteiger charge is -2.26. The van der Waals surface area contributed by atoms with E-state index in [9.17, 15) is 13.2 Å². The maximum Gasteiger partial charge on any atom is 0.252 e. The second-order valence-corrected chi connectivity index (χ2v) is 7.87. The summed E-state index contributed by atoms with van der Waals surface area (Å²) >= 11 is 0. The molecule has 1 heterocycles. The van der Waals surface area contributed by atoms with Gasteiger partial charge >= 0.3 is 0 Å². The van der Waals surface area contributed by atoms with Crippen molar-refractivity contribution >= 4 is 15.9 Å². The number of hydrogen-bond acceptors (Lipinski definition) is 5. The Hall–Kier alpha value is -1.48. The molecule has 0 bridgehead atoms. The van der Waals surface area contributed by atoms with E-state index in [4.69, 9.17) is 4.74 Å². The number of ether oxygens (including phenoxy) is 1. The minimum Gasteiger partial charge on any atom is -0.383 e. The lowest BCUT2D eigenvalue weighted by atomic mass is 10.2. The van der Waals surface area contributed by atoms with E-state index in [2.05, 4.69) is 10.6 Å². The average Bonchev–Trinajstić information content (AvgIpc) is 2.65. The van der Waals surface area contributed by atoms with E-state index in [0.717, 1.165) is 19.3 Å². The van der Waals surface area contributed by atoms with E-state index in [0.29, 0.717) is 39.3 Å². The van der Waals surface area contributed by atoms with Crippen LogP contribution >= 0.6 is 0 Å². The Kier molecular flexibility index (Phi) is 7.83. The molecule has 1 saturated heterocycles. The molecule has 1 aromatic rings. The summed E-state index contributed by atoms with van der Waals surface area (Å²) < 4.78 is 32.2. The minimum absolute atomic E-state index is 0.0849. The first-order valence-corrected chi connectivity index (χ1v) is 10.1. The monoisotopic (exact) mass is 369 g/mol. The summed E-state index contributed by atoms with van der Waals surface area (Å²) in [6, 6.07) is 6.40. The number of amides is 1. The van der Waals surface area contributed by atoms with Gasteiger partial charge in [-0.15, -0.1) is 0 Å². The van der Waals surface area contributed by atoms with Crippen LogP contribution in [0.1, 0.15) is 29.6 Å². The number of carbonyl (C=O) groups is 1. The molecule has 8 heteroatoms. The number of methoxy groups -OCH3 is 1. The van der Waals surface area contributed by atoms with Crippen molar-refractivity contribution in [2.24, 2.45) is 0 Å². The molecular formula is C17H27N3O4S. The molecule has 0 aliphatic carbocycles. The third-order valence-electron chi connectivity index (χ3n) is 4.13. The average molecular weight is 369 g/mol. The van der Waals surface area contributed by atoms with Crippen LogP contribution in [-0.2, 0) is 14.8 Å². The number of carbonyl (C=O) groups excluding carboxylic acids is 1. The molecule has 1 aliphatic heterocycles. The van der Waals surface area contributed by atoms with Crippen LogP contribution in [0.4, 0.5) is 0 Å². The lowest BCUT2D eigenvalue weighted by Crippen LogP contribution is -2.38. The first-order chi connectivity index (χ1) is 12.1. The summed E-state index contributed by atoms with van der Waals surface area (Å²) in [4.78, 5) is 12.5. The number of rotatable bonds is 9. The fourth-order valence-corrected chi connectivity index (χ4v) is 4.49. The number of hydrogen-bond donors (Lipinski definition) is 2. The summed E-state index contributed by atoms with van der Waals surface area (Å²) in [7, 11) is -2.01. The van der Waals surface area contributed by atoms with Gasteiger partial charge in [-0.25, -0.2) is 8.42 Å². The van der Waals surface area contributed by atoms with Crippen molar-refractivity contribution in [1.29, 1.82) is 0 Å². The molecule has 2 N–H and O–H groups in total. The highest BCUT2D eigenvalue weighted by molar-refractivity contribution is 7.89. The molecule has 0 spiro atoms. The molecule has 140 valence electrons. The second-order valence-electron chi connectivity index (χ2n) is 5.96. The molecule has 1 fully saturated rings. The number of sulfonamides is 1. The van der Waals surface area contributed by atoms with Crippen LogP contribution in [0.5, 0.6) is 0 Å². The SMILES string of the molecule is COCCNCCNC(=O)c1ccccc1S(=O)(=O)N1CCCCC1. The molecule has 0 saturated carbocycles. The Balaban J connectivity index is 2.03. The largest absolute Gasteiger partial charge is 0.383 e. The van der Waals surface area contributed by atoms with Gasteiger partial charge in [-0.1, -0.05) is 18.6 Å². The van der Waals surface area contributed by atoms with Crippen LogP contribution in [0.15, 0.2) is 29.2 Å². The molecule has 7 nitrogen and oxygen atoms in total. The zero-order valence-electron chi connectivity index (χ0n) is 14.7. The van der Waals surface area contributed by atoms with E-state index in [1.807, 2.05) is 0 Å². The Bertz CT molecular complexity index is 658. The van der Waals surface area contributed by atoms with Gasteiger partial charge in [0.05, 0.1) is 17.1 Å². The fraction of sp³-hybridized carbons (Fsp3) is 0.588. The molecule has 0 unspecified atom stereocenters. The highest BCUT2D eigenvalue weighted by Gasteiger charge is 2.29. The van der Waals surface area contributed by atoms with E-state index in [1.54, 1.807) is 25.3 Å². The minimum atomic E-state index is -3.64. The third kappa shape index (κ3) is 5.50. The third-order valence-corrected chi connectivity index (χ3v) is 6.09. The predicted octanol–water partition coefficient (Wildman–Crippen LogP) is 0.827. The maximum absolute atomic E-state index is 12.9. The van der Waals surface area contributed by atoms with Crippen LogP contribution in [0.3, 0.4) is 0 Å².